The van der Waals surface area contributed by atoms with Gasteiger partial charge in [0.1, 0.15) is 0 Å². The third-order valence-corrected chi connectivity index (χ3v) is 4.76. The average Bonchev–Trinajstić information content (AvgIpc) is 2.48. The van der Waals surface area contributed by atoms with Crippen molar-refractivity contribution >= 4 is 0 Å². The Bertz CT molecular complexity index is 317. The molecular weight excluding hydrogens is 242 g/mol. The SMILES string of the molecule is CCC1COCCN1CC1C(O)C(C)(C)OC1(C)C. The lowest BCUT2D eigenvalue weighted by Gasteiger charge is -2.39. The first-order chi connectivity index (χ1) is 8.78. The van der Waals surface area contributed by atoms with Gasteiger partial charge in [0.05, 0.1) is 30.5 Å². The van der Waals surface area contributed by atoms with Crippen molar-refractivity contribution in [3.63, 3.8) is 0 Å². The Balaban J connectivity index is 2.08. The molecule has 2 aliphatic heterocycles. The monoisotopic (exact) mass is 271 g/mol. The fourth-order valence-electron chi connectivity index (χ4n) is 3.56. The summed E-state index contributed by atoms with van der Waals surface area (Å²) < 4.78 is 11.6. The molecule has 0 aromatic carbocycles. The highest BCUT2D eigenvalue weighted by molar-refractivity contribution is 5.02. The molecule has 0 aliphatic carbocycles. The number of nitrogens with zero attached hydrogens (tertiary/aromatic N) is 1. The van der Waals surface area contributed by atoms with Crippen molar-refractivity contribution in [2.75, 3.05) is 26.3 Å². The van der Waals surface area contributed by atoms with E-state index < -0.39 is 11.7 Å². The number of morpholine rings is 1. The lowest BCUT2D eigenvalue weighted by Crippen LogP contribution is -2.51. The van der Waals surface area contributed by atoms with E-state index in [4.69, 9.17) is 9.47 Å². The van der Waals surface area contributed by atoms with Crippen molar-refractivity contribution in [3.8, 4) is 0 Å². The van der Waals surface area contributed by atoms with Crippen molar-refractivity contribution in [2.45, 2.75) is 64.4 Å². The van der Waals surface area contributed by atoms with Crippen LogP contribution in [0.15, 0.2) is 0 Å². The molecule has 2 aliphatic rings. The second kappa shape index (κ2) is 5.32. The molecule has 0 bridgehead atoms. The zero-order valence-corrected chi connectivity index (χ0v) is 13.0. The highest BCUT2D eigenvalue weighted by atomic mass is 16.5. The van der Waals surface area contributed by atoms with E-state index in [1.807, 2.05) is 13.8 Å². The highest BCUT2D eigenvalue weighted by Crippen LogP contribution is 2.42. The molecule has 2 fully saturated rings. The number of hydrogen-bond acceptors (Lipinski definition) is 4. The molecule has 2 rings (SSSR count). The Morgan fingerprint density at radius 3 is 2.42 bits per heavy atom. The fraction of sp³-hybridized carbons (Fsp3) is 1.00. The number of hydrogen-bond donors (Lipinski definition) is 1. The molecule has 0 saturated carbocycles. The summed E-state index contributed by atoms with van der Waals surface area (Å²) in [6.07, 6.45) is 0.677. The van der Waals surface area contributed by atoms with Crippen molar-refractivity contribution in [1.82, 2.24) is 4.90 Å². The van der Waals surface area contributed by atoms with Crippen LogP contribution in [0, 0.1) is 5.92 Å². The summed E-state index contributed by atoms with van der Waals surface area (Å²) in [7, 11) is 0. The predicted molar refractivity (Wildman–Crippen MR) is 75.2 cm³/mol. The Morgan fingerprint density at radius 1 is 1.21 bits per heavy atom. The summed E-state index contributed by atoms with van der Waals surface area (Å²) in [6.45, 7) is 13.8. The van der Waals surface area contributed by atoms with Gasteiger partial charge in [-0.1, -0.05) is 6.92 Å². The van der Waals surface area contributed by atoms with Crippen LogP contribution < -0.4 is 0 Å². The smallest absolute Gasteiger partial charge is 0.0896 e. The van der Waals surface area contributed by atoms with Crippen LogP contribution in [-0.4, -0.2) is 59.7 Å². The Hall–Kier alpha value is -0.160. The number of ether oxygens (including phenoxy) is 2. The maximum Gasteiger partial charge on any atom is 0.0896 e. The Kier molecular flexibility index (Phi) is 4.26. The van der Waals surface area contributed by atoms with Crippen LogP contribution >= 0.6 is 0 Å². The summed E-state index contributed by atoms with van der Waals surface area (Å²) in [5.74, 6) is 0.148. The highest BCUT2D eigenvalue weighted by Gasteiger charge is 2.53. The summed E-state index contributed by atoms with van der Waals surface area (Å²) in [5.41, 5.74) is -0.734. The topological polar surface area (TPSA) is 41.9 Å². The molecule has 0 amide bonds. The molecule has 2 saturated heterocycles. The molecule has 0 aromatic rings. The van der Waals surface area contributed by atoms with Crippen molar-refractivity contribution < 1.29 is 14.6 Å². The van der Waals surface area contributed by atoms with Gasteiger partial charge in [-0.3, -0.25) is 4.90 Å². The first-order valence-electron chi connectivity index (χ1n) is 7.48. The number of aliphatic hydroxyl groups excluding tert-OH is 1. The molecule has 3 unspecified atom stereocenters. The maximum absolute atomic E-state index is 10.6. The summed E-state index contributed by atoms with van der Waals surface area (Å²) >= 11 is 0. The lowest BCUT2D eigenvalue weighted by molar-refractivity contribution is -0.0927. The predicted octanol–water partition coefficient (Wildman–Crippen LogP) is 1.66. The zero-order chi connectivity index (χ0) is 14.3. The molecule has 4 nitrogen and oxygen atoms in total. The minimum Gasteiger partial charge on any atom is -0.390 e. The molecule has 0 aromatic heterocycles. The van der Waals surface area contributed by atoms with Crippen LogP contribution in [0.25, 0.3) is 0 Å². The van der Waals surface area contributed by atoms with Gasteiger partial charge >= 0.3 is 0 Å². The van der Waals surface area contributed by atoms with Gasteiger partial charge in [0.15, 0.2) is 0 Å². The first-order valence-corrected chi connectivity index (χ1v) is 7.48. The van der Waals surface area contributed by atoms with E-state index in [9.17, 15) is 5.11 Å². The largest absolute Gasteiger partial charge is 0.390 e. The summed E-state index contributed by atoms with van der Waals surface area (Å²) in [4.78, 5) is 2.46. The van der Waals surface area contributed by atoms with Crippen molar-refractivity contribution in [1.29, 1.82) is 0 Å². The van der Waals surface area contributed by atoms with E-state index in [-0.39, 0.29) is 11.5 Å². The third-order valence-electron chi connectivity index (χ3n) is 4.76. The molecule has 4 heteroatoms. The van der Waals surface area contributed by atoms with E-state index in [1.165, 1.54) is 0 Å². The van der Waals surface area contributed by atoms with Crippen molar-refractivity contribution in [3.05, 3.63) is 0 Å². The van der Waals surface area contributed by atoms with E-state index in [2.05, 4.69) is 25.7 Å². The average molecular weight is 271 g/mol. The van der Waals surface area contributed by atoms with Gasteiger partial charge in [-0.25, -0.2) is 0 Å². The molecule has 3 atom stereocenters. The van der Waals surface area contributed by atoms with Crippen LogP contribution in [0.2, 0.25) is 0 Å². The number of rotatable bonds is 3. The molecule has 0 radical (unpaired) electrons. The van der Waals surface area contributed by atoms with Gasteiger partial charge in [-0.05, 0) is 34.1 Å². The maximum atomic E-state index is 10.6. The van der Waals surface area contributed by atoms with E-state index in [1.54, 1.807) is 0 Å². The normalized spacial score (nSPS) is 38.5. The number of aliphatic hydroxyl groups is 1. The van der Waals surface area contributed by atoms with Crippen LogP contribution in [0.4, 0.5) is 0 Å². The van der Waals surface area contributed by atoms with E-state index >= 15 is 0 Å². The second-order valence-electron chi connectivity index (χ2n) is 6.99. The molecule has 1 N–H and O–H groups in total. The quantitative estimate of drug-likeness (QED) is 0.848. The van der Waals surface area contributed by atoms with E-state index in [0.717, 1.165) is 32.7 Å². The van der Waals surface area contributed by atoms with E-state index in [0.29, 0.717) is 6.04 Å². The standard InChI is InChI=1S/C15H29NO3/c1-6-11-10-18-8-7-16(11)9-12-13(17)15(4,5)19-14(12,2)3/h11-13,17H,6-10H2,1-5H3. The molecular formula is C15H29NO3. The van der Waals surface area contributed by atoms with Crippen molar-refractivity contribution in [2.24, 2.45) is 5.92 Å². The summed E-state index contributed by atoms with van der Waals surface area (Å²) in [5, 5.41) is 10.6. The molecule has 112 valence electrons. The minimum absolute atomic E-state index is 0.148. The van der Waals surface area contributed by atoms with Crippen LogP contribution in [0.1, 0.15) is 41.0 Å². The van der Waals surface area contributed by atoms with Gasteiger partial charge in [0.2, 0.25) is 0 Å². The van der Waals surface area contributed by atoms with Gasteiger partial charge in [-0.2, -0.15) is 0 Å². The Morgan fingerprint density at radius 2 is 1.89 bits per heavy atom. The van der Waals surface area contributed by atoms with Gasteiger partial charge in [0.25, 0.3) is 0 Å². The van der Waals surface area contributed by atoms with Gasteiger partial charge < -0.3 is 14.6 Å². The lowest BCUT2D eigenvalue weighted by atomic mass is 9.84. The van der Waals surface area contributed by atoms with Crippen LogP contribution in [-0.2, 0) is 9.47 Å². The fourth-order valence-corrected chi connectivity index (χ4v) is 3.56. The minimum atomic E-state index is -0.456. The molecule has 0 spiro atoms. The molecule has 19 heavy (non-hydrogen) atoms. The van der Waals surface area contributed by atoms with Crippen LogP contribution in [0.3, 0.4) is 0 Å². The summed E-state index contributed by atoms with van der Waals surface area (Å²) in [6, 6.07) is 0.473. The molecule has 2 heterocycles. The second-order valence-corrected chi connectivity index (χ2v) is 6.99. The van der Waals surface area contributed by atoms with Gasteiger partial charge in [-0.15, -0.1) is 0 Å². The Labute approximate surface area is 117 Å². The first kappa shape index (κ1) is 15.2. The zero-order valence-electron chi connectivity index (χ0n) is 13.0. The van der Waals surface area contributed by atoms with Gasteiger partial charge in [0, 0.05) is 25.0 Å². The third kappa shape index (κ3) is 2.97. The van der Waals surface area contributed by atoms with Crippen LogP contribution in [0.5, 0.6) is 0 Å².